The van der Waals surface area contributed by atoms with Gasteiger partial charge in [-0.15, -0.1) is 0 Å². The van der Waals surface area contributed by atoms with E-state index in [4.69, 9.17) is 0 Å². The van der Waals surface area contributed by atoms with Crippen molar-refractivity contribution in [2.45, 2.75) is 38.1 Å². The van der Waals surface area contributed by atoms with Crippen molar-refractivity contribution in [1.82, 2.24) is 4.90 Å². The van der Waals surface area contributed by atoms with Gasteiger partial charge in [-0.25, -0.2) is 0 Å². The van der Waals surface area contributed by atoms with Crippen molar-refractivity contribution in [3.8, 4) is 0 Å². The zero-order chi connectivity index (χ0) is 15.7. The molecule has 1 aromatic rings. The van der Waals surface area contributed by atoms with E-state index in [1.165, 1.54) is 0 Å². The predicted molar refractivity (Wildman–Crippen MR) is 76.2 cm³/mol. The molecule has 5 heteroatoms. The van der Waals surface area contributed by atoms with Crippen LogP contribution in [0.2, 0.25) is 0 Å². The smallest absolute Gasteiger partial charge is 0.233 e. The number of amides is 2. The van der Waals surface area contributed by atoms with Crippen LogP contribution in [0.5, 0.6) is 0 Å². The Morgan fingerprint density at radius 2 is 1.64 bits per heavy atom. The van der Waals surface area contributed by atoms with Crippen LogP contribution in [-0.4, -0.2) is 28.7 Å². The third-order valence-corrected chi connectivity index (χ3v) is 4.73. The van der Waals surface area contributed by atoms with Gasteiger partial charge in [-0.3, -0.25) is 14.5 Å². The molecule has 0 aromatic heterocycles. The van der Waals surface area contributed by atoms with Crippen LogP contribution in [0, 0.1) is 11.8 Å². The number of fused-ring (bicyclic) bond motifs is 1. The van der Waals surface area contributed by atoms with Crippen LogP contribution in [-0.2, 0) is 20.8 Å². The molecule has 1 saturated carbocycles. The Hall–Kier alpha value is -2.17. The highest BCUT2D eigenvalue weighted by molar-refractivity contribution is 6.07. The second kappa shape index (κ2) is 5.91. The number of carbonyl (C=O) groups excluding carboxylic acids is 3. The Morgan fingerprint density at radius 3 is 2.14 bits per heavy atom. The lowest BCUT2D eigenvalue weighted by Gasteiger charge is -2.27. The Kier molecular flexibility index (Phi) is 3.96. The number of aliphatic carboxylic acids is 1. The molecule has 3 rings (SSSR count). The summed E-state index contributed by atoms with van der Waals surface area (Å²) in [5.74, 6) is -2.71. The molecule has 2 amide bonds. The number of benzene rings is 1. The Bertz CT molecular complexity index is 574. The van der Waals surface area contributed by atoms with Crippen LogP contribution in [0.25, 0.3) is 0 Å². The number of imide groups is 1. The van der Waals surface area contributed by atoms with Gasteiger partial charge < -0.3 is 9.90 Å². The first-order chi connectivity index (χ1) is 10.6. The van der Waals surface area contributed by atoms with Crippen LogP contribution >= 0.6 is 0 Å². The number of hydrogen-bond acceptors (Lipinski definition) is 4. The first kappa shape index (κ1) is 14.8. The second-order valence-corrected chi connectivity index (χ2v) is 6.07. The Balaban J connectivity index is 1.86. The third-order valence-electron chi connectivity index (χ3n) is 4.73. The lowest BCUT2D eigenvalue weighted by atomic mass is 9.81. The van der Waals surface area contributed by atoms with E-state index in [2.05, 4.69) is 0 Å². The minimum atomic E-state index is -1.37. The van der Waals surface area contributed by atoms with Crippen LogP contribution in [0.3, 0.4) is 0 Å². The number of nitrogens with zero attached hydrogens (tertiary/aromatic N) is 1. The summed E-state index contributed by atoms with van der Waals surface area (Å²) in [6.07, 6.45) is 3.29. The summed E-state index contributed by atoms with van der Waals surface area (Å²) in [6, 6.07) is 7.79. The quantitative estimate of drug-likeness (QED) is 0.760. The fourth-order valence-electron chi connectivity index (χ4n) is 3.61. The summed E-state index contributed by atoms with van der Waals surface area (Å²) in [5.41, 5.74) is 0.771. The van der Waals surface area contributed by atoms with Gasteiger partial charge in [-0.1, -0.05) is 43.2 Å². The van der Waals surface area contributed by atoms with Gasteiger partial charge in [0, 0.05) is 0 Å². The molecule has 2 aliphatic rings. The lowest BCUT2D eigenvalue weighted by molar-refractivity contribution is -0.310. The van der Waals surface area contributed by atoms with Crippen molar-refractivity contribution in [3.05, 3.63) is 35.9 Å². The lowest BCUT2D eigenvalue weighted by Crippen LogP contribution is -2.52. The van der Waals surface area contributed by atoms with Crippen molar-refractivity contribution in [2.24, 2.45) is 11.8 Å². The van der Waals surface area contributed by atoms with Crippen LogP contribution in [0.1, 0.15) is 31.2 Å². The molecule has 22 heavy (non-hydrogen) atoms. The summed E-state index contributed by atoms with van der Waals surface area (Å²) in [4.78, 5) is 37.5. The SMILES string of the molecule is O=C([O-])[C@H](Cc1ccccc1)N1C(=O)[C@H]2CCCC[C@@H]2C1=O. The van der Waals surface area contributed by atoms with Crippen molar-refractivity contribution in [1.29, 1.82) is 0 Å². The predicted octanol–water partition coefficient (Wildman–Crippen LogP) is 0.523. The van der Waals surface area contributed by atoms with Gasteiger partial charge in [0.05, 0.1) is 23.8 Å². The molecule has 1 aliphatic heterocycles. The molecule has 0 radical (unpaired) electrons. The normalized spacial score (nSPS) is 25.9. The number of carbonyl (C=O) groups is 3. The molecular formula is C17H18NO4-. The molecular weight excluding hydrogens is 282 g/mol. The maximum absolute atomic E-state index is 12.5. The second-order valence-electron chi connectivity index (χ2n) is 6.07. The Morgan fingerprint density at radius 1 is 1.09 bits per heavy atom. The highest BCUT2D eigenvalue weighted by Crippen LogP contribution is 2.39. The molecule has 0 unspecified atom stereocenters. The maximum Gasteiger partial charge on any atom is 0.233 e. The number of hydrogen-bond donors (Lipinski definition) is 0. The van der Waals surface area contributed by atoms with Gasteiger partial charge in [0.1, 0.15) is 0 Å². The van der Waals surface area contributed by atoms with E-state index in [-0.39, 0.29) is 30.1 Å². The van der Waals surface area contributed by atoms with Crippen molar-refractivity contribution in [3.63, 3.8) is 0 Å². The van der Waals surface area contributed by atoms with Crippen LogP contribution in [0.4, 0.5) is 0 Å². The third kappa shape index (κ3) is 2.51. The summed E-state index contributed by atoms with van der Waals surface area (Å²) in [7, 11) is 0. The molecule has 3 atom stereocenters. The molecule has 1 aliphatic carbocycles. The van der Waals surface area contributed by atoms with E-state index in [1.807, 2.05) is 6.07 Å². The maximum atomic E-state index is 12.5. The standard InChI is InChI=1S/C17H19NO4/c19-15-12-8-4-5-9-13(12)16(20)18(15)14(17(21)22)10-11-6-2-1-3-7-11/h1-3,6-7,12-14H,4-5,8-10H2,(H,21,22)/p-1/t12-,13-,14-/m0/s1. The summed E-state index contributed by atoms with van der Waals surface area (Å²) >= 11 is 0. The van der Waals surface area contributed by atoms with Crippen molar-refractivity contribution in [2.75, 3.05) is 0 Å². The van der Waals surface area contributed by atoms with Gasteiger partial charge in [-0.2, -0.15) is 0 Å². The Labute approximate surface area is 128 Å². The highest BCUT2D eigenvalue weighted by atomic mass is 16.4. The highest BCUT2D eigenvalue weighted by Gasteiger charge is 2.50. The average molecular weight is 300 g/mol. The number of carboxylic acid groups (broad SMARTS) is 1. The molecule has 116 valence electrons. The van der Waals surface area contributed by atoms with Gasteiger partial charge in [0.25, 0.3) is 0 Å². The average Bonchev–Trinajstić information content (AvgIpc) is 2.78. The fraction of sp³-hybridized carbons (Fsp3) is 0.471. The van der Waals surface area contributed by atoms with Crippen molar-refractivity contribution >= 4 is 17.8 Å². The number of carboxylic acids is 1. The number of rotatable bonds is 4. The van der Waals surface area contributed by atoms with Gasteiger partial charge in [0.2, 0.25) is 11.8 Å². The van der Waals surface area contributed by atoms with Gasteiger partial charge in [-0.05, 0) is 24.8 Å². The van der Waals surface area contributed by atoms with E-state index in [0.717, 1.165) is 23.3 Å². The summed E-state index contributed by atoms with van der Waals surface area (Å²) < 4.78 is 0. The molecule has 0 N–H and O–H groups in total. The minimum absolute atomic E-state index is 0.0973. The topological polar surface area (TPSA) is 77.5 Å². The van der Waals surface area contributed by atoms with Crippen molar-refractivity contribution < 1.29 is 19.5 Å². The largest absolute Gasteiger partial charge is 0.548 e. The fourth-order valence-corrected chi connectivity index (χ4v) is 3.61. The van der Waals surface area contributed by atoms with Crippen LogP contribution in [0.15, 0.2) is 30.3 Å². The zero-order valence-corrected chi connectivity index (χ0v) is 12.2. The molecule has 2 fully saturated rings. The first-order valence-corrected chi connectivity index (χ1v) is 7.71. The van der Waals surface area contributed by atoms with Crippen LogP contribution < -0.4 is 5.11 Å². The van der Waals surface area contributed by atoms with E-state index < -0.39 is 12.0 Å². The van der Waals surface area contributed by atoms with Gasteiger partial charge >= 0.3 is 0 Å². The molecule has 1 aromatic carbocycles. The summed E-state index contributed by atoms with van der Waals surface area (Å²) in [6.45, 7) is 0. The molecule has 1 saturated heterocycles. The minimum Gasteiger partial charge on any atom is -0.548 e. The molecule has 0 spiro atoms. The van der Waals surface area contributed by atoms with E-state index in [0.29, 0.717) is 12.8 Å². The van der Waals surface area contributed by atoms with E-state index in [1.54, 1.807) is 24.3 Å². The monoisotopic (exact) mass is 300 g/mol. The molecule has 5 nitrogen and oxygen atoms in total. The molecule has 1 heterocycles. The van der Waals surface area contributed by atoms with E-state index in [9.17, 15) is 19.5 Å². The number of likely N-dealkylation sites (tertiary alicyclic amines) is 1. The van der Waals surface area contributed by atoms with Gasteiger partial charge in [0.15, 0.2) is 0 Å². The molecule has 0 bridgehead atoms. The summed E-state index contributed by atoms with van der Waals surface area (Å²) in [5, 5.41) is 11.5. The van der Waals surface area contributed by atoms with E-state index >= 15 is 0 Å². The zero-order valence-electron chi connectivity index (χ0n) is 12.2. The first-order valence-electron chi connectivity index (χ1n) is 7.71.